The highest BCUT2D eigenvalue weighted by Gasteiger charge is 2.19. The van der Waals surface area contributed by atoms with Crippen LogP contribution in [0.25, 0.3) is 0 Å². The van der Waals surface area contributed by atoms with Gasteiger partial charge in [0.05, 0.1) is 26.0 Å². The number of nitrogens with one attached hydrogen (secondary N) is 1. The van der Waals surface area contributed by atoms with Crippen LogP contribution in [0.3, 0.4) is 0 Å². The lowest BCUT2D eigenvalue weighted by Gasteiger charge is -2.29. The second kappa shape index (κ2) is 7.22. The fourth-order valence-corrected chi connectivity index (χ4v) is 2.22. The second-order valence-electron chi connectivity index (χ2n) is 4.98. The maximum Gasteiger partial charge on any atom is 0.328 e. The molecule has 1 saturated heterocycles. The molecular formula is C15H19FN2O4. The van der Waals surface area contributed by atoms with Crippen molar-refractivity contribution in [2.24, 2.45) is 0 Å². The number of ether oxygens (including phenoxy) is 2. The van der Waals surface area contributed by atoms with E-state index in [1.54, 1.807) is 6.07 Å². The molecule has 7 heteroatoms. The minimum atomic E-state index is -0.792. The molecule has 2 rings (SSSR count). The van der Waals surface area contributed by atoms with Crippen molar-refractivity contribution in [3.8, 4) is 0 Å². The monoisotopic (exact) mass is 310 g/mol. The quantitative estimate of drug-likeness (QED) is 0.839. The molecule has 0 unspecified atom stereocenters. The van der Waals surface area contributed by atoms with Gasteiger partial charge in [0.2, 0.25) is 0 Å². The molecule has 0 saturated carbocycles. The Labute approximate surface area is 128 Å². The number of methoxy groups -OCH3 is 1. The summed E-state index contributed by atoms with van der Waals surface area (Å²) in [4.78, 5) is 25.1. The smallest absolute Gasteiger partial charge is 0.328 e. The van der Waals surface area contributed by atoms with Crippen LogP contribution < -0.4 is 10.2 Å². The van der Waals surface area contributed by atoms with Crippen molar-refractivity contribution in [1.82, 2.24) is 5.32 Å². The molecule has 1 amide bonds. The second-order valence-corrected chi connectivity index (χ2v) is 4.98. The highest BCUT2D eigenvalue weighted by atomic mass is 19.1. The fourth-order valence-electron chi connectivity index (χ4n) is 2.22. The van der Waals surface area contributed by atoms with Gasteiger partial charge in [0.25, 0.3) is 5.91 Å². The van der Waals surface area contributed by atoms with E-state index in [1.807, 2.05) is 4.90 Å². The standard InChI is InChI=1S/C15H19FN2O4/c1-10(15(20)21-2)17-14(19)11-3-4-13(12(16)9-11)18-5-7-22-8-6-18/h3-4,9-10H,5-8H2,1-2H3,(H,17,19)/t10-/m0/s1. The van der Waals surface area contributed by atoms with Crippen LogP contribution in [0.5, 0.6) is 0 Å². The highest BCUT2D eigenvalue weighted by Crippen LogP contribution is 2.21. The fraction of sp³-hybridized carbons (Fsp3) is 0.467. The largest absolute Gasteiger partial charge is 0.467 e. The topological polar surface area (TPSA) is 67.9 Å². The molecule has 1 N–H and O–H groups in total. The Morgan fingerprint density at radius 3 is 2.64 bits per heavy atom. The molecule has 0 bridgehead atoms. The molecule has 1 aliphatic rings. The zero-order chi connectivity index (χ0) is 16.1. The van der Waals surface area contributed by atoms with Crippen molar-refractivity contribution < 1.29 is 23.5 Å². The Balaban J connectivity index is 2.08. The van der Waals surface area contributed by atoms with Crippen LogP contribution in [0.15, 0.2) is 18.2 Å². The lowest BCUT2D eigenvalue weighted by Crippen LogP contribution is -2.39. The number of anilines is 1. The minimum Gasteiger partial charge on any atom is -0.467 e. The van der Waals surface area contributed by atoms with Gasteiger partial charge in [-0.2, -0.15) is 0 Å². The normalized spacial score (nSPS) is 16.0. The summed E-state index contributed by atoms with van der Waals surface area (Å²) >= 11 is 0. The van der Waals surface area contributed by atoms with Crippen molar-refractivity contribution in [2.75, 3.05) is 38.3 Å². The van der Waals surface area contributed by atoms with Crippen molar-refractivity contribution in [3.05, 3.63) is 29.6 Å². The zero-order valence-electron chi connectivity index (χ0n) is 12.6. The number of hydrogen-bond donors (Lipinski definition) is 1. The summed E-state index contributed by atoms with van der Waals surface area (Å²) in [6.45, 7) is 3.84. The number of morpholine rings is 1. The summed E-state index contributed by atoms with van der Waals surface area (Å²) in [6, 6.07) is 3.48. The number of esters is 1. The summed E-state index contributed by atoms with van der Waals surface area (Å²) in [5.74, 6) is -1.55. The number of carbonyl (C=O) groups excluding carboxylic acids is 2. The van der Waals surface area contributed by atoms with Gasteiger partial charge in [0.15, 0.2) is 0 Å². The lowest BCUT2D eigenvalue weighted by molar-refractivity contribution is -0.142. The van der Waals surface area contributed by atoms with Gasteiger partial charge in [-0.1, -0.05) is 0 Å². The Morgan fingerprint density at radius 2 is 2.05 bits per heavy atom. The van der Waals surface area contributed by atoms with Crippen LogP contribution in [0.4, 0.5) is 10.1 Å². The van der Waals surface area contributed by atoms with Crippen molar-refractivity contribution in [3.63, 3.8) is 0 Å². The Hall–Kier alpha value is -2.15. The third-order valence-corrected chi connectivity index (χ3v) is 3.46. The van der Waals surface area contributed by atoms with E-state index in [1.165, 1.54) is 26.2 Å². The van der Waals surface area contributed by atoms with Crippen molar-refractivity contribution in [1.29, 1.82) is 0 Å². The molecule has 1 aromatic carbocycles. The van der Waals surface area contributed by atoms with Crippen LogP contribution in [0.1, 0.15) is 17.3 Å². The van der Waals surface area contributed by atoms with Gasteiger partial charge in [-0.15, -0.1) is 0 Å². The minimum absolute atomic E-state index is 0.158. The molecule has 1 heterocycles. The van der Waals surface area contributed by atoms with Crippen molar-refractivity contribution >= 4 is 17.6 Å². The SMILES string of the molecule is COC(=O)[C@H](C)NC(=O)c1ccc(N2CCOCC2)c(F)c1. The molecule has 6 nitrogen and oxygen atoms in total. The van der Waals surface area contributed by atoms with Gasteiger partial charge in [-0.3, -0.25) is 4.79 Å². The highest BCUT2D eigenvalue weighted by molar-refractivity contribution is 5.97. The molecule has 120 valence electrons. The van der Waals surface area contributed by atoms with Gasteiger partial charge in [0, 0.05) is 18.7 Å². The Bertz CT molecular complexity index is 558. The maximum atomic E-state index is 14.2. The molecule has 1 atom stereocenters. The van der Waals surface area contributed by atoms with Gasteiger partial charge in [-0.25, -0.2) is 9.18 Å². The molecule has 1 aromatic rings. The molecule has 1 fully saturated rings. The average molecular weight is 310 g/mol. The lowest BCUT2D eigenvalue weighted by atomic mass is 10.1. The first kappa shape index (κ1) is 16.2. The summed E-state index contributed by atoms with van der Waals surface area (Å²) in [7, 11) is 1.24. The number of benzene rings is 1. The predicted molar refractivity (Wildman–Crippen MR) is 78.4 cm³/mol. The first-order valence-electron chi connectivity index (χ1n) is 7.04. The van der Waals surface area contributed by atoms with Crippen molar-refractivity contribution in [2.45, 2.75) is 13.0 Å². The number of hydrogen-bond acceptors (Lipinski definition) is 5. The van der Waals surface area contributed by atoms with Gasteiger partial charge in [0.1, 0.15) is 11.9 Å². The van der Waals surface area contributed by atoms with E-state index in [2.05, 4.69) is 10.1 Å². The van der Waals surface area contributed by atoms with E-state index in [-0.39, 0.29) is 5.56 Å². The molecule has 22 heavy (non-hydrogen) atoms. The molecule has 0 spiro atoms. The van der Waals surface area contributed by atoms with Crippen LogP contribution >= 0.6 is 0 Å². The average Bonchev–Trinajstić information content (AvgIpc) is 2.54. The van der Waals surface area contributed by atoms with Crippen LogP contribution in [-0.2, 0) is 14.3 Å². The van der Waals surface area contributed by atoms with Gasteiger partial charge >= 0.3 is 5.97 Å². The van der Waals surface area contributed by atoms with Gasteiger partial charge in [-0.05, 0) is 25.1 Å². The first-order valence-corrected chi connectivity index (χ1v) is 7.04. The number of amides is 1. The molecule has 0 radical (unpaired) electrons. The summed E-state index contributed by atoms with van der Waals surface area (Å²) in [6.07, 6.45) is 0. The molecular weight excluding hydrogens is 291 g/mol. The molecule has 0 aliphatic carbocycles. The van der Waals surface area contributed by atoms with E-state index in [0.717, 1.165) is 0 Å². The third kappa shape index (κ3) is 3.73. The van der Waals surface area contributed by atoms with Crippen LogP contribution in [0, 0.1) is 5.82 Å². The van der Waals surface area contributed by atoms with E-state index < -0.39 is 23.7 Å². The predicted octanol–water partition coefficient (Wildman–Crippen LogP) is 0.954. The molecule has 0 aromatic heterocycles. The van der Waals surface area contributed by atoms with E-state index in [0.29, 0.717) is 32.0 Å². The van der Waals surface area contributed by atoms with E-state index in [4.69, 9.17) is 4.74 Å². The maximum absolute atomic E-state index is 14.2. The molecule has 1 aliphatic heterocycles. The number of nitrogens with zero attached hydrogens (tertiary/aromatic N) is 1. The summed E-state index contributed by atoms with van der Waals surface area (Å²) < 4.78 is 24.0. The zero-order valence-corrected chi connectivity index (χ0v) is 12.6. The van der Waals surface area contributed by atoms with Gasteiger partial charge < -0.3 is 19.7 Å². The number of rotatable bonds is 4. The van der Waals surface area contributed by atoms with E-state index >= 15 is 0 Å². The number of halogens is 1. The first-order chi connectivity index (χ1) is 10.5. The Morgan fingerprint density at radius 1 is 1.36 bits per heavy atom. The summed E-state index contributed by atoms with van der Waals surface area (Å²) in [5, 5.41) is 2.46. The van der Waals surface area contributed by atoms with Crippen LogP contribution in [0.2, 0.25) is 0 Å². The van der Waals surface area contributed by atoms with E-state index in [9.17, 15) is 14.0 Å². The van der Waals surface area contributed by atoms with Crippen LogP contribution in [-0.4, -0.2) is 51.3 Å². The summed E-state index contributed by atoms with van der Waals surface area (Å²) in [5.41, 5.74) is 0.603. The Kier molecular flexibility index (Phi) is 5.32. The third-order valence-electron chi connectivity index (χ3n) is 3.46. The number of carbonyl (C=O) groups is 2.